The lowest BCUT2D eigenvalue weighted by atomic mass is 10.1. The average molecular weight is 231 g/mol. The lowest BCUT2D eigenvalue weighted by Gasteiger charge is -1.96. The van der Waals surface area contributed by atoms with Crippen molar-refractivity contribution in [2.24, 2.45) is 0 Å². The lowest BCUT2D eigenvalue weighted by Crippen LogP contribution is -2.22. The van der Waals surface area contributed by atoms with Crippen LogP contribution in [0.1, 0.15) is 17.9 Å². The second-order valence-corrected chi connectivity index (χ2v) is 3.75. The summed E-state index contributed by atoms with van der Waals surface area (Å²) < 4.78 is 4.95. The summed E-state index contributed by atoms with van der Waals surface area (Å²) in [6.45, 7) is 1.99. The molecular formula is C12H11N2O3-. The quantitative estimate of drug-likeness (QED) is 0.774. The number of aliphatic carboxylic acids is 1. The molecule has 0 aliphatic rings. The van der Waals surface area contributed by atoms with Crippen molar-refractivity contribution in [1.82, 2.24) is 10.1 Å². The van der Waals surface area contributed by atoms with Gasteiger partial charge >= 0.3 is 0 Å². The van der Waals surface area contributed by atoms with Crippen molar-refractivity contribution < 1.29 is 14.4 Å². The first kappa shape index (κ1) is 11.3. The maximum atomic E-state index is 10.3. The molecule has 0 aliphatic heterocycles. The first-order valence-corrected chi connectivity index (χ1v) is 5.24. The minimum atomic E-state index is -1.12. The molecule has 0 fully saturated rings. The first-order chi connectivity index (χ1) is 8.15. The third-order valence-corrected chi connectivity index (χ3v) is 2.32. The lowest BCUT2D eigenvalue weighted by molar-refractivity contribution is -0.305. The molecule has 1 aromatic heterocycles. The third kappa shape index (κ3) is 2.90. The normalized spacial score (nSPS) is 10.4. The van der Waals surface area contributed by atoms with E-state index >= 15 is 0 Å². The summed E-state index contributed by atoms with van der Waals surface area (Å²) in [7, 11) is 0. The molecule has 0 bridgehead atoms. The van der Waals surface area contributed by atoms with Crippen LogP contribution in [0.25, 0.3) is 11.4 Å². The van der Waals surface area contributed by atoms with E-state index in [4.69, 9.17) is 4.52 Å². The molecule has 0 saturated heterocycles. The average Bonchev–Trinajstić information content (AvgIpc) is 2.76. The minimum Gasteiger partial charge on any atom is -0.550 e. The van der Waals surface area contributed by atoms with Gasteiger partial charge in [0.25, 0.3) is 0 Å². The zero-order valence-electron chi connectivity index (χ0n) is 9.34. The van der Waals surface area contributed by atoms with Crippen molar-refractivity contribution in [3.63, 3.8) is 0 Å². The van der Waals surface area contributed by atoms with Crippen LogP contribution in [-0.2, 0) is 11.2 Å². The van der Waals surface area contributed by atoms with E-state index in [2.05, 4.69) is 10.1 Å². The summed E-state index contributed by atoms with van der Waals surface area (Å²) >= 11 is 0. The van der Waals surface area contributed by atoms with Gasteiger partial charge < -0.3 is 14.4 Å². The highest BCUT2D eigenvalue weighted by molar-refractivity contribution is 5.64. The highest BCUT2D eigenvalue weighted by atomic mass is 16.5. The SMILES string of the molecule is Cc1ccc(-c2noc(CCC(=O)[O-])n2)cc1. The summed E-state index contributed by atoms with van der Waals surface area (Å²) in [6, 6.07) is 7.69. The molecule has 17 heavy (non-hydrogen) atoms. The Kier molecular flexibility index (Phi) is 3.18. The van der Waals surface area contributed by atoms with Crippen LogP contribution in [0.15, 0.2) is 28.8 Å². The Morgan fingerprint density at radius 1 is 1.35 bits per heavy atom. The topological polar surface area (TPSA) is 79.0 Å². The van der Waals surface area contributed by atoms with Crippen LogP contribution in [0.3, 0.4) is 0 Å². The zero-order valence-corrected chi connectivity index (χ0v) is 9.34. The van der Waals surface area contributed by atoms with E-state index in [9.17, 15) is 9.90 Å². The Hall–Kier alpha value is -2.17. The van der Waals surface area contributed by atoms with Crippen LogP contribution in [0.5, 0.6) is 0 Å². The number of aryl methyl sites for hydroxylation is 2. The van der Waals surface area contributed by atoms with Crippen molar-refractivity contribution in [3.8, 4) is 11.4 Å². The molecule has 0 saturated carbocycles. The molecule has 0 radical (unpaired) electrons. The van der Waals surface area contributed by atoms with E-state index in [0.29, 0.717) is 11.7 Å². The maximum absolute atomic E-state index is 10.3. The van der Waals surface area contributed by atoms with Crippen LogP contribution >= 0.6 is 0 Å². The van der Waals surface area contributed by atoms with Crippen LogP contribution < -0.4 is 5.11 Å². The second-order valence-electron chi connectivity index (χ2n) is 3.75. The Bertz CT molecular complexity index is 517. The molecule has 0 amide bonds. The number of benzene rings is 1. The predicted molar refractivity (Wildman–Crippen MR) is 57.8 cm³/mol. The molecule has 1 aromatic carbocycles. The van der Waals surface area contributed by atoms with Crippen LogP contribution in [-0.4, -0.2) is 16.1 Å². The van der Waals surface area contributed by atoms with Gasteiger partial charge in [0.2, 0.25) is 11.7 Å². The van der Waals surface area contributed by atoms with E-state index in [-0.39, 0.29) is 12.8 Å². The van der Waals surface area contributed by atoms with Crippen molar-refractivity contribution in [1.29, 1.82) is 0 Å². The summed E-state index contributed by atoms with van der Waals surface area (Å²) in [4.78, 5) is 14.4. The van der Waals surface area contributed by atoms with Gasteiger partial charge in [-0.1, -0.05) is 35.0 Å². The van der Waals surface area contributed by atoms with E-state index in [1.807, 2.05) is 31.2 Å². The number of hydrogen-bond acceptors (Lipinski definition) is 5. The highest BCUT2D eigenvalue weighted by Gasteiger charge is 2.07. The first-order valence-electron chi connectivity index (χ1n) is 5.24. The summed E-state index contributed by atoms with van der Waals surface area (Å²) in [5, 5.41) is 14.1. The molecular weight excluding hydrogens is 220 g/mol. The molecule has 5 heteroatoms. The van der Waals surface area contributed by atoms with Gasteiger partial charge in [0.05, 0.1) is 0 Å². The van der Waals surface area contributed by atoms with Gasteiger partial charge in [0, 0.05) is 18.0 Å². The highest BCUT2D eigenvalue weighted by Crippen LogP contribution is 2.16. The maximum Gasteiger partial charge on any atom is 0.227 e. The molecule has 0 aliphatic carbocycles. The van der Waals surface area contributed by atoms with Crippen molar-refractivity contribution in [2.75, 3.05) is 0 Å². The second kappa shape index (κ2) is 4.78. The fraction of sp³-hybridized carbons (Fsp3) is 0.250. The monoisotopic (exact) mass is 231 g/mol. The molecule has 5 nitrogen and oxygen atoms in total. The van der Waals surface area contributed by atoms with E-state index < -0.39 is 5.97 Å². The molecule has 0 spiro atoms. The fourth-order valence-electron chi connectivity index (χ4n) is 1.39. The molecule has 0 unspecified atom stereocenters. The van der Waals surface area contributed by atoms with Gasteiger partial charge in [0.15, 0.2) is 0 Å². The van der Waals surface area contributed by atoms with Crippen LogP contribution in [0, 0.1) is 6.92 Å². The number of carboxylic acid groups (broad SMARTS) is 1. The Labute approximate surface area is 98.1 Å². The smallest absolute Gasteiger partial charge is 0.227 e. The summed E-state index contributed by atoms with van der Waals surface area (Å²) in [5.41, 5.74) is 1.99. The number of carbonyl (C=O) groups is 1. The van der Waals surface area contributed by atoms with Crippen molar-refractivity contribution in [2.45, 2.75) is 19.8 Å². The van der Waals surface area contributed by atoms with Gasteiger partial charge in [-0.15, -0.1) is 0 Å². The minimum absolute atomic E-state index is 0.116. The largest absolute Gasteiger partial charge is 0.550 e. The zero-order chi connectivity index (χ0) is 12.3. The number of carbonyl (C=O) groups excluding carboxylic acids is 1. The summed E-state index contributed by atoms with van der Waals surface area (Å²) in [6.07, 6.45) is 0.0801. The Morgan fingerprint density at radius 2 is 2.06 bits per heavy atom. The number of hydrogen-bond donors (Lipinski definition) is 0. The fourth-order valence-corrected chi connectivity index (χ4v) is 1.39. The Balaban J connectivity index is 2.12. The van der Waals surface area contributed by atoms with Crippen molar-refractivity contribution >= 4 is 5.97 Å². The van der Waals surface area contributed by atoms with Gasteiger partial charge in [-0.05, 0) is 13.3 Å². The van der Waals surface area contributed by atoms with Gasteiger partial charge in [0.1, 0.15) is 0 Å². The predicted octanol–water partition coefficient (Wildman–Crippen LogP) is 0.728. The molecule has 2 aromatic rings. The van der Waals surface area contributed by atoms with E-state index in [1.165, 1.54) is 0 Å². The third-order valence-electron chi connectivity index (χ3n) is 2.32. The van der Waals surface area contributed by atoms with Gasteiger partial charge in [-0.25, -0.2) is 0 Å². The van der Waals surface area contributed by atoms with Gasteiger partial charge in [-0.2, -0.15) is 4.98 Å². The van der Waals surface area contributed by atoms with Crippen molar-refractivity contribution in [3.05, 3.63) is 35.7 Å². The van der Waals surface area contributed by atoms with Crippen LogP contribution in [0.4, 0.5) is 0 Å². The molecule has 88 valence electrons. The van der Waals surface area contributed by atoms with Gasteiger partial charge in [-0.3, -0.25) is 0 Å². The Morgan fingerprint density at radius 3 is 2.71 bits per heavy atom. The molecule has 0 atom stereocenters. The summed E-state index contributed by atoms with van der Waals surface area (Å²) in [5.74, 6) is -0.344. The molecule has 0 N–H and O–H groups in total. The number of carboxylic acids is 1. The number of aromatic nitrogens is 2. The van der Waals surface area contributed by atoms with E-state index in [1.54, 1.807) is 0 Å². The molecule has 2 rings (SSSR count). The number of rotatable bonds is 4. The van der Waals surface area contributed by atoms with E-state index in [0.717, 1.165) is 11.1 Å². The number of nitrogens with zero attached hydrogens (tertiary/aromatic N) is 2. The standard InChI is InChI=1S/C12H12N2O3/c1-8-2-4-9(5-3-8)12-13-10(17-14-12)6-7-11(15)16/h2-5H,6-7H2,1H3,(H,15,16)/p-1. The molecule has 1 heterocycles. The van der Waals surface area contributed by atoms with Crippen LogP contribution in [0.2, 0.25) is 0 Å².